The zero-order valence-corrected chi connectivity index (χ0v) is 69.5. The van der Waals surface area contributed by atoms with Crippen LogP contribution in [-0.2, 0) is 0 Å². The second kappa shape index (κ2) is 56.2. The minimum Gasteiger partial charge on any atom is -0.207 e. The summed E-state index contributed by atoms with van der Waals surface area (Å²) in [7, 11) is 0. The molecule has 0 aromatic heterocycles. The molecule has 0 radical (unpaired) electrons. The molecule has 4 unspecified atom stereocenters. The molecular formula is C98H152F8. The highest BCUT2D eigenvalue weighted by molar-refractivity contribution is 5.27. The van der Waals surface area contributed by atoms with Crippen LogP contribution >= 0.6 is 0 Å². The predicted octanol–water partition coefficient (Wildman–Crippen LogP) is 33.1. The first-order valence-corrected chi connectivity index (χ1v) is 39.5. The number of aryl methyl sites for hydroxylation is 10. The summed E-state index contributed by atoms with van der Waals surface area (Å²) in [6.07, 6.45) is 37.9. The molecule has 6 aliphatic rings. The van der Waals surface area contributed by atoms with Gasteiger partial charge in [0.05, 0.1) is 0 Å². The van der Waals surface area contributed by atoms with Crippen molar-refractivity contribution >= 4 is 0 Å². The normalized spacial score (nSPS) is 21.5. The molecule has 0 aliphatic heterocycles. The summed E-state index contributed by atoms with van der Waals surface area (Å²) in [6, 6.07) is 27.3. The summed E-state index contributed by atoms with van der Waals surface area (Å²) in [5, 5.41) is 0. The van der Waals surface area contributed by atoms with Gasteiger partial charge in [0.25, 0.3) is 0 Å². The summed E-state index contributed by atoms with van der Waals surface area (Å²) < 4.78 is 101. The third kappa shape index (κ3) is 47.7. The van der Waals surface area contributed by atoms with Gasteiger partial charge >= 0.3 is 0 Å². The molecule has 0 spiro atoms. The maximum Gasteiger partial charge on any atom is 0.161 e. The van der Waals surface area contributed by atoms with E-state index in [1.165, 1.54) is 204 Å². The highest BCUT2D eigenvalue weighted by Crippen LogP contribution is 2.30. The molecule has 6 aliphatic carbocycles. The van der Waals surface area contributed by atoms with Gasteiger partial charge in [0.1, 0.15) is 34.9 Å². The molecule has 12 rings (SSSR count). The van der Waals surface area contributed by atoms with Crippen LogP contribution in [0.3, 0.4) is 0 Å². The number of halogens is 8. The lowest BCUT2D eigenvalue weighted by atomic mass is 9.84. The van der Waals surface area contributed by atoms with Gasteiger partial charge in [0, 0.05) is 12.6 Å². The van der Waals surface area contributed by atoms with Gasteiger partial charge in [-0.3, -0.25) is 0 Å². The topological polar surface area (TPSA) is 0 Å². The van der Waals surface area contributed by atoms with Crippen LogP contribution in [0.1, 0.15) is 295 Å². The predicted molar refractivity (Wildman–Crippen MR) is 451 cm³/mol. The summed E-state index contributed by atoms with van der Waals surface area (Å²) >= 11 is 0. The minimum absolute atomic E-state index is 0. The third-order valence-corrected chi connectivity index (χ3v) is 20.8. The molecule has 4 atom stereocenters. The quantitative estimate of drug-likeness (QED) is 0.105. The van der Waals surface area contributed by atoms with Crippen LogP contribution in [0.15, 0.2) is 133 Å². The number of hydrogen-bond donors (Lipinski definition) is 0. The highest BCUT2D eigenvalue weighted by Gasteiger charge is 2.16. The molecule has 0 saturated heterocycles. The molecule has 0 bridgehead atoms. The largest absolute Gasteiger partial charge is 0.207 e. The summed E-state index contributed by atoms with van der Waals surface area (Å²) in [6.45, 7) is 48.6. The number of rotatable bonds is 0. The van der Waals surface area contributed by atoms with E-state index in [0.29, 0.717) is 33.4 Å². The first-order valence-electron chi connectivity index (χ1n) is 39.5. The Balaban J connectivity index is -0.00000110. The molecule has 0 amide bonds. The molecule has 6 aromatic rings. The Hall–Kier alpha value is -6.02. The Morgan fingerprint density at radius 2 is 0.462 bits per heavy atom. The first-order chi connectivity index (χ1) is 48.8. The van der Waals surface area contributed by atoms with Gasteiger partial charge < -0.3 is 0 Å². The summed E-state index contributed by atoms with van der Waals surface area (Å²) in [5.41, 5.74) is 11.3. The Labute approximate surface area is 647 Å². The fourth-order valence-corrected chi connectivity index (χ4v) is 11.9. The highest BCUT2D eigenvalue weighted by atomic mass is 19.2. The fourth-order valence-electron chi connectivity index (χ4n) is 11.9. The average molecular weight is 1480 g/mol. The van der Waals surface area contributed by atoms with Gasteiger partial charge in [0.15, 0.2) is 11.6 Å². The van der Waals surface area contributed by atoms with Crippen molar-refractivity contribution in [2.45, 2.75) is 309 Å². The van der Waals surface area contributed by atoms with Gasteiger partial charge in [-0.2, -0.15) is 0 Å². The van der Waals surface area contributed by atoms with E-state index in [-0.39, 0.29) is 39.0 Å². The lowest BCUT2D eigenvalue weighted by Crippen LogP contribution is -2.08. The number of benzene rings is 6. The second-order valence-electron chi connectivity index (χ2n) is 32.6. The van der Waals surface area contributed by atoms with E-state index >= 15 is 0 Å². The molecule has 106 heavy (non-hydrogen) atoms. The van der Waals surface area contributed by atoms with Crippen LogP contribution < -0.4 is 0 Å². The Morgan fingerprint density at radius 1 is 0.245 bits per heavy atom. The Bertz CT molecular complexity index is 3090. The smallest absolute Gasteiger partial charge is 0.161 e. The van der Waals surface area contributed by atoms with Crippen molar-refractivity contribution in [2.75, 3.05) is 0 Å². The second-order valence-corrected chi connectivity index (χ2v) is 32.6. The van der Waals surface area contributed by atoms with Gasteiger partial charge in [0.2, 0.25) is 0 Å². The average Bonchev–Trinajstić information content (AvgIpc) is 0.878. The van der Waals surface area contributed by atoms with E-state index in [1.54, 1.807) is 63.1 Å². The van der Waals surface area contributed by atoms with Crippen LogP contribution in [-0.4, -0.2) is 0 Å². The van der Waals surface area contributed by atoms with E-state index < -0.39 is 34.9 Å². The van der Waals surface area contributed by atoms with Crippen LogP contribution in [0.4, 0.5) is 35.1 Å². The first kappa shape index (κ1) is 102. The molecule has 0 heterocycles. The molecular weight excluding hydrogens is 1330 g/mol. The van der Waals surface area contributed by atoms with Crippen molar-refractivity contribution in [2.24, 2.45) is 59.2 Å². The van der Waals surface area contributed by atoms with Crippen LogP contribution in [0.5, 0.6) is 0 Å². The third-order valence-electron chi connectivity index (χ3n) is 20.8. The molecule has 600 valence electrons. The lowest BCUT2D eigenvalue weighted by molar-refractivity contribution is 0.308. The molecule has 8 heteroatoms. The molecule has 6 aromatic carbocycles. The van der Waals surface area contributed by atoms with Crippen molar-refractivity contribution in [1.29, 1.82) is 0 Å². The van der Waals surface area contributed by atoms with Gasteiger partial charge in [-0.15, -0.1) is 0 Å². The summed E-state index contributed by atoms with van der Waals surface area (Å²) in [5.74, 6) is 6.08. The van der Waals surface area contributed by atoms with Gasteiger partial charge in [-0.25, -0.2) is 35.1 Å². The molecule has 0 N–H and O–H groups in total. The van der Waals surface area contributed by atoms with Crippen molar-refractivity contribution < 1.29 is 36.5 Å². The van der Waals surface area contributed by atoms with E-state index in [9.17, 15) is 35.1 Å². The maximum atomic E-state index is 12.6. The SMILES string of the molecule is C.C.CC1=CCC(C)CC1.CC1=CCC(C)CC1.CC1C=CC(C)CC1.CC1CCC(C)CC1.CC1CCC(C)CC1.CC1CCC(C)CC1.Cc1cc(F)c(C)c(F)c1.Cc1cc(F)c(C)c(F)c1.Cc1ccc(C)c(F)c1.Cc1ccc(C)c(F)c1.Cc1ccc(C)c(F)c1F.Cc1ccc(C)cc1.[HH]. The van der Waals surface area contributed by atoms with Crippen LogP contribution in [0.2, 0.25) is 0 Å². The van der Waals surface area contributed by atoms with Gasteiger partial charge in [-0.1, -0.05) is 268 Å². The maximum absolute atomic E-state index is 12.6. The Kier molecular flexibility index (Phi) is 54.1. The van der Waals surface area contributed by atoms with Crippen LogP contribution in [0, 0.1) is 189 Å². The van der Waals surface area contributed by atoms with E-state index in [4.69, 9.17) is 0 Å². The van der Waals surface area contributed by atoms with Crippen molar-refractivity contribution in [1.82, 2.24) is 0 Å². The summed E-state index contributed by atoms with van der Waals surface area (Å²) in [4.78, 5) is 0. The van der Waals surface area contributed by atoms with Crippen molar-refractivity contribution in [3.63, 3.8) is 0 Å². The minimum atomic E-state index is -0.736. The standard InChI is InChI=1S/3C8H8F2.2C8H9F.3C8H16.3C8H14.C8H10.2CH4.H2/c2*1-5-3-7(9)6(2)8(10)4-5;1-5-3-4-6(2)8(10)7(5)9;2*1-6-3-4-7(2)8(9)5-6;7*1-7-3-5-8(2)6-4-7;;;/h3*3-4H,1-2H3;2*3-5H,1-2H3;3*7-8H,3-6H2,1-2H3;2*3,8H,4-6H2,1-2H3;3,5,7-8H,4,6H2,1-2H3;3-6H,1-2H3;2*1H4;1H. The lowest BCUT2D eigenvalue weighted by Gasteiger charge is -2.22. The molecule has 0 nitrogen and oxygen atoms in total. The zero-order valence-electron chi connectivity index (χ0n) is 69.5. The molecule has 3 saturated carbocycles. The van der Waals surface area contributed by atoms with E-state index in [0.717, 1.165) is 70.3 Å². The van der Waals surface area contributed by atoms with Gasteiger partial charge in [-0.05, 0) is 288 Å². The number of hydrogen-bond acceptors (Lipinski definition) is 0. The van der Waals surface area contributed by atoms with E-state index in [1.807, 2.05) is 26.0 Å². The Morgan fingerprint density at radius 3 is 0.651 bits per heavy atom. The molecule has 3 fully saturated rings. The number of allylic oxidation sites excluding steroid dienone is 6. The monoisotopic (exact) mass is 1480 g/mol. The van der Waals surface area contributed by atoms with Crippen molar-refractivity contribution in [3.05, 3.63) is 246 Å². The van der Waals surface area contributed by atoms with Crippen LogP contribution in [0.25, 0.3) is 0 Å². The fraction of sp³-hybridized carbons (Fsp3) is 0.571. The van der Waals surface area contributed by atoms with Crippen molar-refractivity contribution in [3.8, 4) is 0 Å². The van der Waals surface area contributed by atoms with E-state index in [2.05, 4.69) is 146 Å². The zero-order chi connectivity index (χ0) is 78.8.